The lowest BCUT2D eigenvalue weighted by atomic mass is 10.1. The van der Waals surface area contributed by atoms with E-state index >= 15 is 0 Å². The van der Waals surface area contributed by atoms with Crippen LogP contribution in [0.1, 0.15) is 23.7 Å². The molecule has 0 aliphatic heterocycles. The highest BCUT2D eigenvalue weighted by Crippen LogP contribution is 2.24. The molecule has 16 heavy (non-hydrogen) atoms. The fourth-order valence-electron chi connectivity index (χ4n) is 1.15. The lowest BCUT2D eigenvalue weighted by molar-refractivity contribution is 0.0988. The Balaban J connectivity index is 3.51. The van der Waals surface area contributed by atoms with E-state index in [9.17, 15) is 17.6 Å². The van der Waals surface area contributed by atoms with Crippen molar-refractivity contribution in [2.24, 2.45) is 5.14 Å². The minimum atomic E-state index is -4.20. The Morgan fingerprint density at radius 1 is 1.50 bits per heavy atom. The normalized spacial score (nSPS) is 11.5. The number of hydrogen-bond donors (Lipinski definition) is 1. The number of Topliss-reactive ketones (excluding diaryl/α,β-unsaturated/α-hetero) is 1. The molecule has 1 rings (SSSR count). The first kappa shape index (κ1) is 13.1. The van der Waals surface area contributed by atoms with E-state index in [1.165, 1.54) is 0 Å². The second-order valence-corrected chi connectivity index (χ2v) is 5.02. The molecular formula is C9H9ClFNO3S. The topological polar surface area (TPSA) is 77.2 Å². The van der Waals surface area contributed by atoms with Crippen LogP contribution in [0, 0.1) is 5.82 Å². The molecule has 0 saturated carbocycles. The SMILES string of the molecule is CCC(=O)c1cc(S(N)(=O)=O)c(F)cc1Cl. The van der Waals surface area contributed by atoms with E-state index in [2.05, 4.69) is 0 Å². The molecule has 0 aliphatic rings. The number of benzene rings is 1. The maximum Gasteiger partial charge on any atom is 0.240 e. The standard InChI is InChI=1S/C9H9ClFNO3S/c1-2-8(13)5-3-9(16(12,14)15)7(11)4-6(5)10/h3-4H,2H2,1H3,(H2,12,14,15). The zero-order valence-corrected chi connectivity index (χ0v) is 9.90. The highest BCUT2D eigenvalue weighted by atomic mass is 35.5. The van der Waals surface area contributed by atoms with Crippen LogP contribution in [0.2, 0.25) is 5.02 Å². The van der Waals surface area contributed by atoms with Crippen LogP contribution in [0.3, 0.4) is 0 Å². The average Bonchev–Trinajstić information content (AvgIpc) is 2.14. The minimum Gasteiger partial charge on any atom is -0.294 e. The maximum absolute atomic E-state index is 13.2. The van der Waals surface area contributed by atoms with Gasteiger partial charge < -0.3 is 0 Å². The Hall–Kier alpha value is -0.980. The summed E-state index contributed by atoms with van der Waals surface area (Å²) >= 11 is 5.63. The van der Waals surface area contributed by atoms with Gasteiger partial charge in [-0.1, -0.05) is 18.5 Å². The van der Waals surface area contributed by atoms with Gasteiger partial charge in [-0.05, 0) is 12.1 Å². The quantitative estimate of drug-likeness (QED) is 0.846. The molecule has 88 valence electrons. The van der Waals surface area contributed by atoms with Crippen LogP contribution in [-0.4, -0.2) is 14.2 Å². The lowest BCUT2D eigenvalue weighted by Crippen LogP contribution is -2.15. The molecule has 0 aliphatic carbocycles. The molecule has 0 saturated heterocycles. The first-order valence-corrected chi connectivity index (χ1v) is 6.24. The van der Waals surface area contributed by atoms with E-state index < -0.39 is 20.7 Å². The molecule has 0 spiro atoms. The zero-order chi connectivity index (χ0) is 12.5. The number of hydrogen-bond acceptors (Lipinski definition) is 3. The number of rotatable bonds is 3. The highest BCUT2D eigenvalue weighted by molar-refractivity contribution is 7.89. The highest BCUT2D eigenvalue weighted by Gasteiger charge is 2.19. The van der Waals surface area contributed by atoms with Gasteiger partial charge in [0, 0.05) is 12.0 Å². The van der Waals surface area contributed by atoms with E-state index in [-0.39, 0.29) is 22.8 Å². The van der Waals surface area contributed by atoms with Gasteiger partial charge in [0.15, 0.2) is 5.78 Å². The van der Waals surface area contributed by atoms with Gasteiger partial charge in [-0.15, -0.1) is 0 Å². The van der Waals surface area contributed by atoms with Gasteiger partial charge >= 0.3 is 0 Å². The third-order valence-corrected chi connectivity index (χ3v) is 3.19. The number of carbonyl (C=O) groups excluding carboxylic acids is 1. The van der Waals surface area contributed by atoms with E-state index in [1.807, 2.05) is 0 Å². The summed E-state index contributed by atoms with van der Waals surface area (Å²) in [6, 6.07) is 1.63. The summed E-state index contributed by atoms with van der Waals surface area (Å²) in [7, 11) is -4.20. The molecule has 4 nitrogen and oxygen atoms in total. The van der Waals surface area contributed by atoms with Crippen molar-refractivity contribution in [3.63, 3.8) is 0 Å². The molecular weight excluding hydrogens is 257 g/mol. The number of primary sulfonamides is 1. The van der Waals surface area contributed by atoms with Crippen molar-refractivity contribution in [1.29, 1.82) is 0 Å². The molecule has 1 aromatic carbocycles. The summed E-state index contributed by atoms with van der Waals surface area (Å²) in [5.74, 6) is -1.45. The predicted molar refractivity (Wildman–Crippen MR) is 57.4 cm³/mol. The van der Waals surface area contributed by atoms with E-state index in [1.54, 1.807) is 6.92 Å². The number of sulfonamides is 1. The largest absolute Gasteiger partial charge is 0.294 e. The van der Waals surface area contributed by atoms with Gasteiger partial charge in [0.05, 0.1) is 5.02 Å². The molecule has 0 aromatic heterocycles. The van der Waals surface area contributed by atoms with Crippen LogP contribution in [0.15, 0.2) is 17.0 Å². The van der Waals surface area contributed by atoms with Crippen LogP contribution in [0.4, 0.5) is 4.39 Å². The molecule has 2 N–H and O–H groups in total. The van der Waals surface area contributed by atoms with Crippen LogP contribution in [0.25, 0.3) is 0 Å². The Morgan fingerprint density at radius 2 is 2.06 bits per heavy atom. The van der Waals surface area contributed by atoms with Crippen molar-refractivity contribution in [1.82, 2.24) is 0 Å². The molecule has 0 atom stereocenters. The van der Waals surface area contributed by atoms with Gasteiger partial charge in [0.25, 0.3) is 0 Å². The van der Waals surface area contributed by atoms with Crippen LogP contribution in [0.5, 0.6) is 0 Å². The second-order valence-electron chi connectivity index (χ2n) is 3.08. The summed E-state index contributed by atoms with van der Waals surface area (Å²) in [6.45, 7) is 1.58. The van der Waals surface area contributed by atoms with E-state index in [0.29, 0.717) is 0 Å². The van der Waals surface area contributed by atoms with Crippen molar-refractivity contribution < 1.29 is 17.6 Å². The Bertz CT molecular complexity index is 542. The van der Waals surface area contributed by atoms with E-state index in [0.717, 1.165) is 12.1 Å². The Kier molecular flexibility index (Phi) is 3.67. The lowest BCUT2D eigenvalue weighted by Gasteiger charge is -2.06. The summed E-state index contributed by atoms with van der Waals surface area (Å²) < 4.78 is 35.3. The molecule has 0 amide bonds. The molecule has 1 aromatic rings. The molecule has 0 heterocycles. The molecule has 0 bridgehead atoms. The van der Waals surface area contributed by atoms with Gasteiger partial charge in [-0.3, -0.25) is 4.79 Å². The minimum absolute atomic E-state index is 0.0467. The predicted octanol–water partition coefficient (Wildman–Crippen LogP) is 1.72. The summed E-state index contributed by atoms with van der Waals surface area (Å²) in [4.78, 5) is 10.7. The number of nitrogens with two attached hydrogens (primary N) is 1. The Morgan fingerprint density at radius 3 is 2.50 bits per heavy atom. The Labute approximate surface area is 97.3 Å². The molecule has 0 unspecified atom stereocenters. The zero-order valence-electron chi connectivity index (χ0n) is 8.33. The first-order valence-electron chi connectivity index (χ1n) is 4.32. The second kappa shape index (κ2) is 4.48. The van der Waals surface area contributed by atoms with Crippen LogP contribution >= 0.6 is 11.6 Å². The smallest absolute Gasteiger partial charge is 0.240 e. The van der Waals surface area contributed by atoms with Crippen molar-refractivity contribution in [2.45, 2.75) is 18.2 Å². The van der Waals surface area contributed by atoms with Crippen LogP contribution < -0.4 is 5.14 Å². The van der Waals surface area contributed by atoms with Gasteiger partial charge in [0.2, 0.25) is 10.0 Å². The first-order chi connectivity index (χ1) is 7.27. The van der Waals surface area contributed by atoms with Gasteiger partial charge in [-0.2, -0.15) is 0 Å². The number of ketones is 1. The van der Waals surface area contributed by atoms with Crippen LogP contribution in [-0.2, 0) is 10.0 Å². The van der Waals surface area contributed by atoms with Crippen molar-refractivity contribution in [3.05, 3.63) is 28.5 Å². The fraction of sp³-hybridized carbons (Fsp3) is 0.222. The third kappa shape index (κ3) is 2.58. The van der Waals surface area contributed by atoms with E-state index in [4.69, 9.17) is 16.7 Å². The fourth-order valence-corrected chi connectivity index (χ4v) is 2.02. The van der Waals surface area contributed by atoms with Gasteiger partial charge in [0.1, 0.15) is 10.7 Å². The van der Waals surface area contributed by atoms with Crippen molar-refractivity contribution in [2.75, 3.05) is 0 Å². The number of halogens is 2. The molecule has 0 fully saturated rings. The maximum atomic E-state index is 13.2. The summed E-state index contributed by atoms with van der Waals surface area (Å²) in [5, 5.41) is 4.67. The average molecular weight is 266 g/mol. The summed E-state index contributed by atoms with van der Waals surface area (Å²) in [5.41, 5.74) is -0.0467. The number of carbonyl (C=O) groups is 1. The van der Waals surface area contributed by atoms with Gasteiger partial charge in [-0.25, -0.2) is 17.9 Å². The monoisotopic (exact) mass is 265 g/mol. The van der Waals surface area contributed by atoms with Crippen molar-refractivity contribution in [3.8, 4) is 0 Å². The molecule has 7 heteroatoms. The molecule has 0 radical (unpaired) electrons. The van der Waals surface area contributed by atoms with Crippen molar-refractivity contribution >= 4 is 27.4 Å². The third-order valence-electron chi connectivity index (χ3n) is 1.95. The summed E-state index contributed by atoms with van der Waals surface area (Å²) in [6.07, 6.45) is 0.134.